The topological polar surface area (TPSA) is 51.6 Å². The van der Waals surface area contributed by atoms with Gasteiger partial charge in [0.1, 0.15) is 23.2 Å². The molecule has 0 amide bonds. The van der Waals surface area contributed by atoms with Crippen LogP contribution >= 0.6 is 0 Å². The molecule has 0 spiro atoms. The smallest absolute Gasteiger partial charge is 0.453 e. The second-order valence-corrected chi connectivity index (χ2v) is 13.9. The van der Waals surface area contributed by atoms with E-state index in [-0.39, 0.29) is 5.82 Å². The first-order valence-corrected chi connectivity index (χ1v) is 17.4. The molecule has 254 valence electrons. The summed E-state index contributed by atoms with van der Waals surface area (Å²) in [4.78, 5) is 4.06. The maximum atomic E-state index is 14.0. The number of aryl methyl sites for hydroxylation is 3. The SMILES string of the molecule is CCC1(C)n2nc(C(F)(F)F)nc2-c2cccc[n+]2C1(CC)CCC[n+]1c(-c2cc3c(cc2C)oc2ccccc23)cc(C)c2ccccc21. The first-order valence-electron chi connectivity index (χ1n) is 17.4. The molecule has 0 bridgehead atoms. The van der Waals surface area contributed by atoms with E-state index in [4.69, 9.17) is 4.42 Å². The minimum atomic E-state index is -4.64. The van der Waals surface area contributed by atoms with Gasteiger partial charge in [0.25, 0.3) is 11.5 Å². The molecule has 0 saturated heterocycles. The Balaban J connectivity index is 1.25. The van der Waals surface area contributed by atoms with Crippen molar-refractivity contribution in [1.29, 1.82) is 0 Å². The number of aromatic nitrogens is 5. The largest absolute Gasteiger partial charge is 0.456 e. The third-order valence-corrected chi connectivity index (χ3v) is 11.4. The molecule has 5 heterocycles. The predicted molar refractivity (Wildman–Crippen MR) is 188 cm³/mol. The van der Waals surface area contributed by atoms with E-state index in [1.807, 2.05) is 56.4 Å². The van der Waals surface area contributed by atoms with Crippen LogP contribution in [0.2, 0.25) is 0 Å². The highest BCUT2D eigenvalue weighted by atomic mass is 19.4. The number of para-hydroxylation sites is 2. The van der Waals surface area contributed by atoms with E-state index in [9.17, 15) is 13.2 Å². The summed E-state index contributed by atoms with van der Waals surface area (Å²) < 4.78 is 54.5. The van der Waals surface area contributed by atoms with Crippen LogP contribution in [0.1, 0.15) is 63.4 Å². The first-order chi connectivity index (χ1) is 24.0. The molecule has 1 aliphatic rings. The molecule has 9 heteroatoms. The van der Waals surface area contributed by atoms with Crippen LogP contribution in [0.5, 0.6) is 0 Å². The Morgan fingerprint density at radius 2 is 1.54 bits per heavy atom. The van der Waals surface area contributed by atoms with Crippen molar-refractivity contribution in [2.45, 2.75) is 84.1 Å². The minimum absolute atomic E-state index is 0.255. The number of benzene rings is 3. The average molecular weight is 676 g/mol. The molecule has 2 atom stereocenters. The Morgan fingerprint density at radius 3 is 2.30 bits per heavy atom. The van der Waals surface area contributed by atoms with Crippen molar-refractivity contribution in [2.24, 2.45) is 0 Å². The number of hydrogen-bond donors (Lipinski definition) is 0. The van der Waals surface area contributed by atoms with Crippen LogP contribution in [-0.2, 0) is 23.8 Å². The van der Waals surface area contributed by atoms with Crippen LogP contribution in [0.15, 0.2) is 95.5 Å². The third-order valence-electron chi connectivity index (χ3n) is 11.4. The summed E-state index contributed by atoms with van der Waals surface area (Å²) in [7, 11) is 0. The maximum Gasteiger partial charge on any atom is 0.453 e. The van der Waals surface area contributed by atoms with Crippen molar-refractivity contribution in [3.8, 4) is 22.8 Å². The molecule has 7 aromatic rings. The molecule has 2 unspecified atom stereocenters. The Labute approximate surface area is 288 Å². The van der Waals surface area contributed by atoms with Crippen LogP contribution in [0, 0.1) is 13.8 Å². The number of fused-ring (bicyclic) bond motifs is 7. The van der Waals surface area contributed by atoms with Crippen LogP contribution in [0.3, 0.4) is 0 Å². The van der Waals surface area contributed by atoms with E-state index in [1.54, 1.807) is 4.68 Å². The summed E-state index contributed by atoms with van der Waals surface area (Å²) in [6.07, 6.45) is 0.147. The molecule has 1 aliphatic heterocycles. The normalized spacial score (nSPS) is 19.0. The summed E-state index contributed by atoms with van der Waals surface area (Å²) in [5.41, 5.74) is 6.80. The number of nitrogens with zero attached hydrogens (tertiary/aromatic N) is 5. The Morgan fingerprint density at radius 1 is 0.800 bits per heavy atom. The Hall–Kier alpha value is -5.05. The van der Waals surface area contributed by atoms with E-state index < -0.39 is 23.1 Å². The molecular formula is C41H40F3N5O+2. The highest BCUT2D eigenvalue weighted by Gasteiger charge is 2.61. The van der Waals surface area contributed by atoms with Crippen LogP contribution in [-0.4, -0.2) is 14.8 Å². The molecule has 4 aromatic heterocycles. The van der Waals surface area contributed by atoms with Gasteiger partial charge in [0.15, 0.2) is 11.7 Å². The fraction of sp³-hybridized carbons (Fsp3) is 0.317. The molecule has 6 nitrogen and oxygen atoms in total. The molecule has 0 radical (unpaired) electrons. The summed E-state index contributed by atoms with van der Waals surface area (Å²) in [5, 5.41) is 7.53. The lowest BCUT2D eigenvalue weighted by Gasteiger charge is -2.46. The van der Waals surface area contributed by atoms with Crippen LogP contribution in [0.25, 0.3) is 55.6 Å². The van der Waals surface area contributed by atoms with Crippen LogP contribution in [0.4, 0.5) is 13.2 Å². The minimum Gasteiger partial charge on any atom is -0.456 e. The third kappa shape index (κ3) is 4.62. The Bertz CT molecular complexity index is 2440. The van der Waals surface area contributed by atoms with Gasteiger partial charge in [-0.05, 0) is 68.7 Å². The van der Waals surface area contributed by atoms with Gasteiger partial charge in [-0.1, -0.05) is 44.2 Å². The van der Waals surface area contributed by atoms with Gasteiger partial charge in [-0.3, -0.25) is 0 Å². The number of rotatable bonds is 7. The molecule has 0 saturated carbocycles. The fourth-order valence-electron chi connectivity index (χ4n) is 8.67. The number of hydrogen-bond acceptors (Lipinski definition) is 3. The molecular weight excluding hydrogens is 635 g/mol. The number of halogens is 3. The lowest BCUT2D eigenvalue weighted by atomic mass is 9.69. The van der Waals surface area contributed by atoms with Crippen LogP contribution < -0.4 is 9.13 Å². The number of furan rings is 1. The second-order valence-electron chi connectivity index (χ2n) is 13.9. The molecule has 0 fully saturated rings. The van der Waals surface area contributed by atoms with E-state index in [1.165, 1.54) is 10.9 Å². The molecule has 0 aliphatic carbocycles. The van der Waals surface area contributed by atoms with Crippen molar-refractivity contribution in [2.75, 3.05) is 0 Å². The van der Waals surface area contributed by atoms with Gasteiger partial charge in [0.2, 0.25) is 17.0 Å². The second kappa shape index (κ2) is 11.5. The van der Waals surface area contributed by atoms with Crippen molar-refractivity contribution < 1.29 is 26.7 Å². The van der Waals surface area contributed by atoms with Crippen molar-refractivity contribution >= 4 is 32.8 Å². The summed E-state index contributed by atoms with van der Waals surface area (Å²) in [6, 6.07) is 29.0. The Kier molecular flexibility index (Phi) is 7.40. The number of pyridine rings is 2. The molecule has 0 N–H and O–H groups in total. The molecule has 50 heavy (non-hydrogen) atoms. The lowest BCUT2D eigenvalue weighted by Crippen LogP contribution is -2.71. The number of alkyl halides is 3. The zero-order valence-corrected chi connectivity index (χ0v) is 29.0. The van der Waals surface area contributed by atoms with E-state index >= 15 is 0 Å². The van der Waals surface area contributed by atoms with Gasteiger partial charge in [-0.15, -0.1) is 5.10 Å². The molecule has 8 rings (SSSR count). The summed E-state index contributed by atoms with van der Waals surface area (Å²) in [5.74, 6) is -0.844. The van der Waals surface area contributed by atoms with Gasteiger partial charge < -0.3 is 4.42 Å². The maximum absolute atomic E-state index is 14.0. The first kappa shape index (κ1) is 32.2. The summed E-state index contributed by atoms with van der Waals surface area (Å²) in [6.45, 7) is 11.2. The zero-order valence-electron chi connectivity index (χ0n) is 29.0. The van der Waals surface area contributed by atoms with E-state index in [2.05, 4.69) is 88.5 Å². The quantitative estimate of drug-likeness (QED) is 0.158. The van der Waals surface area contributed by atoms with Gasteiger partial charge in [-0.2, -0.15) is 27.3 Å². The van der Waals surface area contributed by atoms with Crippen molar-refractivity contribution in [3.63, 3.8) is 0 Å². The zero-order chi connectivity index (χ0) is 35.0. The fourth-order valence-corrected chi connectivity index (χ4v) is 8.67. The lowest BCUT2D eigenvalue weighted by molar-refractivity contribution is -0.776. The highest BCUT2D eigenvalue weighted by Crippen LogP contribution is 2.47. The van der Waals surface area contributed by atoms with Crippen molar-refractivity contribution in [1.82, 2.24) is 14.8 Å². The van der Waals surface area contributed by atoms with Gasteiger partial charge in [0, 0.05) is 65.3 Å². The monoisotopic (exact) mass is 675 g/mol. The standard InChI is InChI=1S/C41H40F3N5O/c1-6-39(5)40(7-2,48-22-13-12-18-33(48)37-45-38(41(42,43)44)46-49(37)39)20-14-21-47-32-17-10-8-15-28(32)26(3)23-34(47)30-25-31-29-16-9-11-19-35(29)50-36(31)24-27(30)4/h8-13,15-19,22-25H,6-7,14,20-21H2,1-5H3/q+2. The van der Waals surface area contributed by atoms with Gasteiger partial charge in [0.05, 0.1) is 0 Å². The predicted octanol–water partition coefficient (Wildman–Crippen LogP) is 9.60. The van der Waals surface area contributed by atoms with Gasteiger partial charge in [-0.25, -0.2) is 4.68 Å². The molecule has 3 aromatic carbocycles. The van der Waals surface area contributed by atoms with Gasteiger partial charge >= 0.3 is 6.18 Å². The van der Waals surface area contributed by atoms with E-state index in [0.29, 0.717) is 25.1 Å². The average Bonchev–Trinajstić information content (AvgIpc) is 3.73. The summed E-state index contributed by atoms with van der Waals surface area (Å²) >= 11 is 0. The van der Waals surface area contributed by atoms with E-state index in [0.717, 1.165) is 57.1 Å². The van der Waals surface area contributed by atoms with Crippen molar-refractivity contribution in [3.05, 3.63) is 108 Å². The highest BCUT2D eigenvalue weighted by molar-refractivity contribution is 6.06.